The lowest BCUT2D eigenvalue weighted by Gasteiger charge is -2.20. The highest BCUT2D eigenvalue weighted by atomic mass is 79.9. The third-order valence-corrected chi connectivity index (χ3v) is 5.05. The van der Waals surface area contributed by atoms with Gasteiger partial charge in [-0.05, 0) is 49.4 Å². The second-order valence-corrected chi connectivity index (χ2v) is 8.09. The number of hydrogen-bond acceptors (Lipinski definition) is 4. The Morgan fingerprint density at radius 2 is 1.88 bits per heavy atom. The number of anilines is 2. The van der Waals surface area contributed by atoms with E-state index >= 15 is 0 Å². The van der Waals surface area contributed by atoms with Crippen molar-refractivity contribution in [2.75, 3.05) is 29.0 Å². The van der Waals surface area contributed by atoms with Crippen LogP contribution in [0.15, 0.2) is 53.0 Å². The average Bonchev–Trinajstić information content (AvgIpc) is 2.53. The Hall–Kier alpha value is -2.06. The molecule has 2 aromatic carbocycles. The summed E-state index contributed by atoms with van der Waals surface area (Å²) < 4.78 is 31.0. The first-order chi connectivity index (χ1) is 11.8. The van der Waals surface area contributed by atoms with Gasteiger partial charge in [0.15, 0.2) is 6.61 Å². The molecule has 1 N–H and O–H groups in total. The summed E-state index contributed by atoms with van der Waals surface area (Å²) in [7, 11) is -3.32. The lowest BCUT2D eigenvalue weighted by molar-refractivity contribution is -0.118. The van der Waals surface area contributed by atoms with Crippen LogP contribution in [0, 0.1) is 0 Å². The fraction of sp³-hybridized carbons (Fsp3) is 0.235. The first-order valence-corrected chi connectivity index (χ1v) is 10.2. The molecule has 25 heavy (non-hydrogen) atoms. The maximum atomic E-state index is 11.9. The first-order valence-electron chi connectivity index (χ1n) is 7.55. The van der Waals surface area contributed by atoms with E-state index < -0.39 is 10.0 Å². The molecule has 0 atom stereocenters. The molecule has 0 saturated heterocycles. The molecule has 0 radical (unpaired) electrons. The maximum absolute atomic E-state index is 11.9. The van der Waals surface area contributed by atoms with E-state index in [9.17, 15) is 13.2 Å². The number of carbonyl (C=O) groups is 1. The number of ether oxygens (including phenoxy) is 1. The number of carbonyl (C=O) groups excluding carboxylic acids is 1. The number of sulfonamides is 1. The smallest absolute Gasteiger partial charge is 0.262 e. The third-order valence-electron chi connectivity index (χ3n) is 3.29. The standard InChI is InChI=1S/C17H19BrN2O4S/c1-3-20(25(2,22)23)15-7-9-16(10-8-15)24-12-17(21)19-14-6-4-5-13(18)11-14/h4-11H,3,12H2,1-2H3,(H,19,21). The molecule has 2 aromatic rings. The molecule has 0 aliphatic carbocycles. The van der Waals surface area contributed by atoms with Gasteiger partial charge in [0, 0.05) is 16.7 Å². The van der Waals surface area contributed by atoms with E-state index in [4.69, 9.17) is 4.74 Å². The highest BCUT2D eigenvalue weighted by Crippen LogP contribution is 2.21. The summed E-state index contributed by atoms with van der Waals surface area (Å²) in [6, 6.07) is 13.8. The van der Waals surface area contributed by atoms with Gasteiger partial charge in [0.05, 0.1) is 11.9 Å². The number of halogens is 1. The minimum absolute atomic E-state index is 0.143. The van der Waals surface area contributed by atoms with Crippen LogP contribution in [0.5, 0.6) is 5.75 Å². The number of nitrogens with zero attached hydrogens (tertiary/aromatic N) is 1. The van der Waals surface area contributed by atoms with Gasteiger partial charge >= 0.3 is 0 Å². The van der Waals surface area contributed by atoms with Crippen LogP contribution in [0.3, 0.4) is 0 Å². The molecule has 8 heteroatoms. The van der Waals surface area contributed by atoms with E-state index in [-0.39, 0.29) is 12.5 Å². The molecule has 6 nitrogen and oxygen atoms in total. The Labute approximate surface area is 156 Å². The van der Waals surface area contributed by atoms with Crippen molar-refractivity contribution in [2.45, 2.75) is 6.92 Å². The number of rotatable bonds is 7. The van der Waals surface area contributed by atoms with Crippen molar-refractivity contribution in [1.82, 2.24) is 0 Å². The molecule has 0 aliphatic rings. The van der Waals surface area contributed by atoms with Crippen LogP contribution < -0.4 is 14.4 Å². The number of amides is 1. The summed E-state index contributed by atoms with van der Waals surface area (Å²) >= 11 is 3.34. The van der Waals surface area contributed by atoms with E-state index in [1.54, 1.807) is 43.3 Å². The Morgan fingerprint density at radius 1 is 1.20 bits per heavy atom. The molecule has 0 saturated carbocycles. The lowest BCUT2D eigenvalue weighted by atomic mass is 10.3. The number of hydrogen-bond donors (Lipinski definition) is 1. The van der Waals surface area contributed by atoms with Crippen LogP contribution in [0.4, 0.5) is 11.4 Å². The molecule has 1 amide bonds. The highest BCUT2D eigenvalue weighted by molar-refractivity contribution is 9.10. The van der Waals surface area contributed by atoms with Gasteiger partial charge in [0.1, 0.15) is 5.75 Å². The molecular formula is C17H19BrN2O4S. The Bertz CT molecular complexity index is 838. The molecule has 0 spiro atoms. The van der Waals surface area contributed by atoms with Crippen molar-refractivity contribution >= 4 is 43.2 Å². The predicted molar refractivity (Wildman–Crippen MR) is 103 cm³/mol. The fourth-order valence-corrected chi connectivity index (χ4v) is 3.60. The summed E-state index contributed by atoms with van der Waals surface area (Å²) in [5, 5.41) is 2.73. The van der Waals surface area contributed by atoms with Crippen LogP contribution in [0.25, 0.3) is 0 Å². The van der Waals surface area contributed by atoms with Gasteiger partial charge in [0.2, 0.25) is 10.0 Å². The van der Waals surface area contributed by atoms with Crippen LogP contribution in [-0.4, -0.2) is 33.7 Å². The maximum Gasteiger partial charge on any atom is 0.262 e. The van der Waals surface area contributed by atoms with Crippen molar-refractivity contribution in [1.29, 1.82) is 0 Å². The molecular weight excluding hydrogens is 408 g/mol. The van der Waals surface area contributed by atoms with Crippen LogP contribution in [0.2, 0.25) is 0 Å². The highest BCUT2D eigenvalue weighted by Gasteiger charge is 2.15. The van der Waals surface area contributed by atoms with Gasteiger partial charge in [-0.2, -0.15) is 0 Å². The largest absolute Gasteiger partial charge is 0.484 e. The normalized spacial score (nSPS) is 11.0. The van der Waals surface area contributed by atoms with Gasteiger partial charge in [-0.25, -0.2) is 8.42 Å². The Kier molecular flexibility index (Phi) is 6.44. The van der Waals surface area contributed by atoms with E-state index in [1.807, 2.05) is 12.1 Å². The van der Waals surface area contributed by atoms with Crippen molar-refractivity contribution < 1.29 is 17.9 Å². The van der Waals surface area contributed by atoms with Crippen molar-refractivity contribution in [3.05, 3.63) is 53.0 Å². The SMILES string of the molecule is CCN(c1ccc(OCC(=O)Nc2cccc(Br)c2)cc1)S(C)(=O)=O. The van der Waals surface area contributed by atoms with Gasteiger partial charge in [-0.1, -0.05) is 22.0 Å². The van der Waals surface area contributed by atoms with Crippen molar-refractivity contribution in [3.8, 4) is 5.75 Å². The fourth-order valence-electron chi connectivity index (χ4n) is 2.23. The molecule has 0 aliphatic heterocycles. The minimum Gasteiger partial charge on any atom is -0.484 e. The van der Waals surface area contributed by atoms with Gasteiger partial charge < -0.3 is 10.1 Å². The molecule has 0 unspecified atom stereocenters. The lowest BCUT2D eigenvalue weighted by Crippen LogP contribution is -2.29. The van der Waals surface area contributed by atoms with E-state index in [0.29, 0.717) is 23.7 Å². The minimum atomic E-state index is -3.32. The van der Waals surface area contributed by atoms with Gasteiger partial charge in [0.25, 0.3) is 5.91 Å². The quantitative estimate of drug-likeness (QED) is 0.736. The molecule has 2 rings (SSSR count). The summed E-state index contributed by atoms with van der Waals surface area (Å²) in [6.07, 6.45) is 1.16. The van der Waals surface area contributed by atoms with Crippen LogP contribution >= 0.6 is 15.9 Å². The van der Waals surface area contributed by atoms with E-state index in [0.717, 1.165) is 10.7 Å². The third kappa shape index (κ3) is 5.75. The van der Waals surface area contributed by atoms with E-state index in [2.05, 4.69) is 21.2 Å². The zero-order chi connectivity index (χ0) is 18.4. The summed E-state index contributed by atoms with van der Waals surface area (Å²) in [6.45, 7) is 1.96. The number of benzene rings is 2. The summed E-state index contributed by atoms with van der Waals surface area (Å²) in [4.78, 5) is 11.9. The Balaban J connectivity index is 1.94. The molecule has 0 aromatic heterocycles. The van der Waals surface area contributed by atoms with Gasteiger partial charge in [-0.15, -0.1) is 0 Å². The van der Waals surface area contributed by atoms with Crippen LogP contribution in [-0.2, 0) is 14.8 Å². The summed E-state index contributed by atoms with van der Waals surface area (Å²) in [5.74, 6) is 0.200. The molecule has 0 fully saturated rings. The monoisotopic (exact) mass is 426 g/mol. The topological polar surface area (TPSA) is 75.7 Å². The predicted octanol–water partition coefficient (Wildman–Crippen LogP) is 3.25. The average molecular weight is 427 g/mol. The van der Waals surface area contributed by atoms with Crippen molar-refractivity contribution in [3.63, 3.8) is 0 Å². The second kappa shape index (κ2) is 8.35. The summed E-state index contributed by atoms with van der Waals surface area (Å²) in [5.41, 5.74) is 1.22. The van der Waals surface area contributed by atoms with E-state index in [1.165, 1.54) is 4.31 Å². The number of nitrogens with one attached hydrogen (secondary N) is 1. The van der Waals surface area contributed by atoms with Crippen LogP contribution in [0.1, 0.15) is 6.92 Å². The zero-order valence-corrected chi connectivity index (χ0v) is 16.3. The second-order valence-electron chi connectivity index (χ2n) is 5.27. The van der Waals surface area contributed by atoms with Gasteiger partial charge in [-0.3, -0.25) is 9.10 Å². The molecule has 0 heterocycles. The molecule has 134 valence electrons. The first kappa shape index (κ1) is 19.3. The van der Waals surface area contributed by atoms with Crippen molar-refractivity contribution in [2.24, 2.45) is 0 Å². The zero-order valence-electron chi connectivity index (χ0n) is 13.9. The Morgan fingerprint density at radius 3 is 2.44 bits per heavy atom. The molecule has 0 bridgehead atoms.